The first-order chi connectivity index (χ1) is 13.0. The lowest BCUT2D eigenvalue weighted by Gasteiger charge is -2.16. The number of pyridine rings is 2. The second kappa shape index (κ2) is 6.51. The fourth-order valence-corrected chi connectivity index (χ4v) is 3.56. The van der Waals surface area contributed by atoms with Gasteiger partial charge < -0.3 is 10.5 Å². The van der Waals surface area contributed by atoms with E-state index in [1.807, 2.05) is 24.3 Å². The molecule has 0 fully saturated rings. The van der Waals surface area contributed by atoms with E-state index in [1.165, 1.54) is 11.7 Å². The van der Waals surface area contributed by atoms with E-state index in [4.69, 9.17) is 10.5 Å². The first kappa shape index (κ1) is 17.2. The van der Waals surface area contributed by atoms with E-state index in [2.05, 4.69) is 20.9 Å². The van der Waals surface area contributed by atoms with Gasteiger partial charge in [0.1, 0.15) is 5.56 Å². The molecule has 6 nitrogen and oxygen atoms in total. The Balaban J connectivity index is 2.24. The van der Waals surface area contributed by atoms with Gasteiger partial charge in [-0.1, -0.05) is 22.0 Å². The highest BCUT2D eigenvalue weighted by molar-refractivity contribution is 9.10. The van der Waals surface area contributed by atoms with Crippen molar-refractivity contribution in [2.24, 2.45) is 0 Å². The number of benzene rings is 2. The normalized spacial score (nSPS) is 11.0. The van der Waals surface area contributed by atoms with Crippen molar-refractivity contribution in [3.05, 3.63) is 75.1 Å². The molecule has 2 aromatic heterocycles. The van der Waals surface area contributed by atoms with Crippen LogP contribution in [0.3, 0.4) is 0 Å². The molecule has 0 saturated carbocycles. The van der Waals surface area contributed by atoms with E-state index in [0.717, 1.165) is 15.4 Å². The highest BCUT2D eigenvalue weighted by atomic mass is 79.9. The fourth-order valence-electron chi connectivity index (χ4n) is 3.21. The second-order valence-electron chi connectivity index (χ2n) is 5.93. The molecule has 0 aliphatic carbocycles. The Hall–Kier alpha value is -3.19. The number of carbonyl (C=O) groups is 1. The number of halogens is 1. The van der Waals surface area contributed by atoms with Crippen molar-refractivity contribution in [3.63, 3.8) is 0 Å². The minimum atomic E-state index is -0.769. The summed E-state index contributed by atoms with van der Waals surface area (Å²) in [6.45, 7) is 0. The van der Waals surface area contributed by atoms with E-state index in [9.17, 15) is 9.59 Å². The molecule has 2 heterocycles. The lowest BCUT2D eigenvalue weighted by atomic mass is 10.1. The van der Waals surface area contributed by atoms with Gasteiger partial charge >= 0.3 is 5.97 Å². The van der Waals surface area contributed by atoms with E-state index in [-0.39, 0.29) is 11.3 Å². The maximum absolute atomic E-state index is 13.3. The molecule has 0 unspecified atom stereocenters. The summed E-state index contributed by atoms with van der Waals surface area (Å²) in [7, 11) is 1.22. The van der Waals surface area contributed by atoms with Crippen LogP contribution < -0.4 is 11.3 Å². The number of rotatable bonds is 2. The lowest BCUT2D eigenvalue weighted by Crippen LogP contribution is -2.28. The van der Waals surface area contributed by atoms with Crippen molar-refractivity contribution in [1.29, 1.82) is 0 Å². The lowest BCUT2D eigenvalue weighted by molar-refractivity contribution is 0.0600. The summed E-state index contributed by atoms with van der Waals surface area (Å²) in [5.74, 6) is -0.769. The predicted octanol–water partition coefficient (Wildman–Crippen LogP) is 3.67. The van der Waals surface area contributed by atoms with Crippen LogP contribution in [0.1, 0.15) is 10.4 Å². The van der Waals surface area contributed by atoms with Crippen LogP contribution in [0.5, 0.6) is 0 Å². The third-order valence-corrected chi connectivity index (χ3v) is 4.92. The molecule has 27 heavy (non-hydrogen) atoms. The zero-order valence-electron chi connectivity index (χ0n) is 14.3. The highest BCUT2D eigenvalue weighted by Gasteiger charge is 2.23. The monoisotopic (exact) mass is 423 g/mol. The van der Waals surface area contributed by atoms with Gasteiger partial charge in [0.05, 0.1) is 29.5 Å². The van der Waals surface area contributed by atoms with Gasteiger partial charge in [-0.3, -0.25) is 14.3 Å². The summed E-state index contributed by atoms with van der Waals surface area (Å²) < 4.78 is 7.06. The number of nitrogens with zero attached hydrogens (tertiary/aromatic N) is 2. The average molecular weight is 424 g/mol. The van der Waals surface area contributed by atoms with Crippen molar-refractivity contribution in [3.8, 4) is 5.69 Å². The molecule has 134 valence electrons. The smallest absolute Gasteiger partial charge is 0.345 e. The average Bonchev–Trinajstić information content (AvgIpc) is 2.68. The molecular weight excluding hydrogens is 410 g/mol. The van der Waals surface area contributed by atoms with E-state index < -0.39 is 11.5 Å². The SMILES string of the molecule is COC(=O)c1c(N)c2ccc(Br)cc2n(-c2cccc3ncccc23)c1=O. The van der Waals surface area contributed by atoms with E-state index in [0.29, 0.717) is 16.6 Å². The molecule has 4 aromatic rings. The van der Waals surface area contributed by atoms with Crippen LogP contribution >= 0.6 is 15.9 Å². The number of hydrogen-bond donors (Lipinski definition) is 1. The molecule has 4 rings (SSSR count). The van der Waals surface area contributed by atoms with Gasteiger partial charge in [-0.05, 0) is 42.5 Å². The Kier molecular flexibility index (Phi) is 4.16. The minimum Gasteiger partial charge on any atom is -0.465 e. The Morgan fingerprint density at radius 2 is 1.96 bits per heavy atom. The zero-order chi connectivity index (χ0) is 19.1. The Bertz CT molecular complexity index is 1280. The maximum atomic E-state index is 13.3. The molecule has 0 spiro atoms. The number of aromatic nitrogens is 2. The van der Waals surface area contributed by atoms with Gasteiger partial charge in [0.2, 0.25) is 0 Å². The van der Waals surface area contributed by atoms with Crippen molar-refractivity contribution < 1.29 is 9.53 Å². The van der Waals surface area contributed by atoms with Crippen LogP contribution in [0.4, 0.5) is 5.69 Å². The summed E-state index contributed by atoms with van der Waals surface area (Å²) in [6.07, 6.45) is 1.69. The number of methoxy groups -OCH3 is 1. The van der Waals surface area contributed by atoms with Crippen LogP contribution in [-0.2, 0) is 4.74 Å². The largest absolute Gasteiger partial charge is 0.465 e. The van der Waals surface area contributed by atoms with Gasteiger partial charge in [0, 0.05) is 21.4 Å². The standard InChI is InChI=1S/C20H14BrN3O3/c1-27-20(26)17-18(22)13-8-7-11(21)10-16(13)24(19(17)25)15-6-2-5-14-12(15)4-3-9-23-14/h2-10H,22H2,1H3. The molecule has 0 radical (unpaired) electrons. The number of fused-ring (bicyclic) bond motifs is 2. The molecule has 7 heteroatoms. The molecule has 2 aromatic carbocycles. The highest BCUT2D eigenvalue weighted by Crippen LogP contribution is 2.30. The van der Waals surface area contributed by atoms with Gasteiger partial charge in [-0.2, -0.15) is 0 Å². The van der Waals surface area contributed by atoms with Crippen LogP contribution in [0.15, 0.2) is 64.0 Å². The Morgan fingerprint density at radius 1 is 1.15 bits per heavy atom. The zero-order valence-corrected chi connectivity index (χ0v) is 15.9. The van der Waals surface area contributed by atoms with Gasteiger partial charge in [0.25, 0.3) is 5.56 Å². The number of ether oxygens (including phenoxy) is 1. The number of nitrogen functional groups attached to an aromatic ring is 1. The quantitative estimate of drug-likeness (QED) is 0.497. The summed E-state index contributed by atoms with van der Waals surface area (Å²) in [5, 5.41) is 1.36. The van der Waals surface area contributed by atoms with E-state index >= 15 is 0 Å². The number of carbonyl (C=O) groups excluding carboxylic acids is 1. The van der Waals surface area contributed by atoms with Crippen LogP contribution in [-0.4, -0.2) is 22.6 Å². The van der Waals surface area contributed by atoms with Crippen LogP contribution in [0, 0.1) is 0 Å². The molecule has 0 aliphatic rings. The third kappa shape index (κ3) is 2.67. The second-order valence-corrected chi connectivity index (χ2v) is 6.85. The topological polar surface area (TPSA) is 87.2 Å². The maximum Gasteiger partial charge on any atom is 0.345 e. The number of anilines is 1. The van der Waals surface area contributed by atoms with Gasteiger partial charge in [-0.15, -0.1) is 0 Å². The third-order valence-electron chi connectivity index (χ3n) is 4.43. The predicted molar refractivity (Wildman–Crippen MR) is 108 cm³/mol. The molecular formula is C20H14BrN3O3. The number of esters is 1. The molecule has 0 aliphatic heterocycles. The number of hydrogen-bond acceptors (Lipinski definition) is 5. The van der Waals surface area contributed by atoms with Gasteiger partial charge in [-0.25, -0.2) is 4.79 Å². The molecule has 0 saturated heterocycles. The Morgan fingerprint density at radius 3 is 2.74 bits per heavy atom. The van der Waals surface area contributed by atoms with Crippen molar-refractivity contribution >= 4 is 49.4 Å². The van der Waals surface area contributed by atoms with Crippen molar-refractivity contribution in [1.82, 2.24) is 9.55 Å². The van der Waals surface area contributed by atoms with Crippen molar-refractivity contribution in [2.75, 3.05) is 12.8 Å². The molecule has 0 bridgehead atoms. The van der Waals surface area contributed by atoms with E-state index in [1.54, 1.807) is 30.5 Å². The van der Waals surface area contributed by atoms with Crippen LogP contribution in [0.25, 0.3) is 27.5 Å². The minimum absolute atomic E-state index is 0.101. The first-order valence-electron chi connectivity index (χ1n) is 8.09. The summed E-state index contributed by atoms with van der Waals surface area (Å²) in [5.41, 5.74) is 7.46. The molecule has 0 atom stereocenters. The summed E-state index contributed by atoms with van der Waals surface area (Å²) in [6, 6.07) is 14.5. The summed E-state index contributed by atoms with van der Waals surface area (Å²) in [4.78, 5) is 29.9. The Labute approximate surface area is 162 Å². The summed E-state index contributed by atoms with van der Waals surface area (Å²) >= 11 is 3.44. The first-order valence-corrected chi connectivity index (χ1v) is 8.88. The van der Waals surface area contributed by atoms with Crippen molar-refractivity contribution in [2.45, 2.75) is 0 Å². The molecule has 2 N–H and O–H groups in total. The van der Waals surface area contributed by atoms with Crippen LogP contribution in [0.2, 0.25) is 0 Å². The fraction of sp³-hybridized carbons (Fsp3) is 0.0500. The molecule has 0 amide bonds. The number of nitrogens with two attached hydrogens (primary N) is 1. The van der Waals surface area contributed by atoms with Gasteiger partial charge in [0.15, 0.2) is 0 Å².